The zero-order valence-corrected chi connectivity index (χ0v) is 9.70. The fourth-order valence-corrected chi connectivity index (χ4v) is 2.59. The molecule has 6 N–H and O–H groups in total. The van der Waals surface area contributed by atoms with Crippen LogP contribution in [0.15, 0.2) is 18.2 Å². The van der Waals surface area contributed by atoms with Crippen molar-refractivity contribution in [3.63, 3.8) is 0 Å². The second-order valence-electron chi connectivity index (χ2n) is 4.80. The first-order valence-corrected chi connectivity index (χ1v) is 6.04. The van der Waals surface area contributed by atoms with Gasteiger partial charge in [-0.25, -0.2) is 0 Å². The van der Waals surface area contributed by atoms with E-state index < -0.39 is 5.85 Å². The third-order valence-electron chi connectivity index (χ3n) is 3.56. The van der Waals surface area contributed by atoms with Crippen molar-refractivity contribution in [2.24, 2.45) is 11.7 Å². The molecule has 2 aliphatic heterocycles. The van der Waals surface area contributed by atoms with Crippen molar-refractivity contribution in [3.05, 3.63) is 18.2 Å². The average Bonchev–Trinajstić information content (AvgIpc) is 2.67. The van der Waals surface area contributed by atoms with Crippen LogP contribution in [-0.2, 0) is 0 Å². The van der Waals surface area contributed by atoms with Gasteiger partial charge in [0, 0.05) is 11.6 Å². The highest BCUT2D eigenvalue weighted by molar-refractivity contribution is 5.67. The Morgan fingerprint density at radius 1 is 1.29 bits per heavy atom. The SMILES string of the molecule is Nc1ccc2c(c1)NC(N)(C1CCNCC1)O2. The molecule has 0 radical (unpaired) electrons. The van der Waals surface area contributed by atoms with Gasteiger partial charge in [-0.05, 0) is 44.1 Å². The number of fused-ring (bicyclic) bond motifs is 1. The van der Waals surface area contributed by atoms with E-state index in [9.17, 15) is 0 Å². The van der Waals surface area contributed by atoms with Crippen molar-refractivity contribution in [3.8, 4) is 5.75 Å². The van der Waals surface area contributed by atoms with Crippen LogP contribution < -0.4 is 26.8 Å². The van der Waals surface area contributed by atoms with Gasteiger partial charge in [-0.1, -0.05) is 0 Å². The van der Waals surface area contributed by atoms with Crippen LogP contribution in [0.4, 0.5) is 11.4 Å². The third-order valence-corrected chi connectivity index (χ3v) is 3.56. The molecule has 0 bridgehead atoms. The van der Waals surface area contributed by atoms with Crippen LogP contribution in [0.3, 0.4) is 0 Å². The maximum Gasteiger partial charge on any atom is 0.239 e. The van der Waals surface area contributed by atoms with Crippen molar-refractivity contribution in [2.75, 3.05) is 24.1 Å². The number of ether oxygens (including phenoxy) is 1. The average molecular weight is 234 g/mol. The van der Waals surface area contributed by atoms with Crippen LogP contribution in [0, 0.1) is 5.92 Å². The van der Waals surface area contributed by atoms with Gasteiger partial charge in [0.05, 0.1) is 5.69 Å². The summed E-state index contributed by atoms with van der Waals surface area (Å²) < 4.78 is 5.87. The Kier molecular flexibility index (Phi) is 2.38. The number of hydrogen-bond acceptors (Lipinski definition) is 5. The van der Waals surface area contributed by atoms with E-state index in [1.165, 1.54) is 0 Å². The highest BCUT2D eigenvalue weighted by atomic mass is 16.5. The van der Waals surface area contributed by atoms with Gasteiger partial charge in [0.25, 0.3) is 0 Å². The molecule has 1 atom stereocenters. The van der Waals surface area contributed by atoms with E-state index in [0.717, 1.165) is 43.1 Å². The molecule has 1 unspecified atom stereocenters. The molecule has 0 aliphatic carbocycles. The maximum absolute atomic E-state index is 6.33. The molecular weight excluding hydrogens is 216 g/mol. The topological polar surface area (TPSA) is 85.3 Å². The summed E-state index contributed by atoms with van der Waals surface area (Å²) in [4.78, 5) is 0. The summed E-state index contributed by atoms with van der Waals surface area (Å²) in [6.45, 7) is 1.99. The van der Waals surface area contributed by atoms with Gasteiger partial charge in [0.1, 0.15) is 5.75 Å². The van der Waals surface area contributed by atoms with Gasteiger partial charge in [0.2, 0.25) is 5.85 Å². The highest BCUT2D eigenvalue weighted by Crippen LogP contribution is 2.40. The predicted octanol–water partition coefficient (Wildman–Crippen LogP) is 0.685. The number of benzene rings is 1. The van der Waals surface area contributed by atoms with Gasteiger partial charge in [-0.3, -0.25) is 5.73 Å². The monoisotopic (exact) mass is 234 g/mol. The van der Waals surface area contributed by atoms with Crippen LogP contribution in [0.1, 0.15) is 12.8 Å². The zero-order chi connectivity index (χ0) is 11.9. The number of piperidine rings is 1. The molecule has 0 amide bonds. The fourth-order valence-electron chi connectivity index (χ4n) is 2.59. The summed E-state index contributed by atoms with van der Waals surface area (Å²) in [6, 6.07) is 5.56. The van der Waals surface area contributed by atoms with Crippen molar-refractivity contribution in [1.82, 2.24) is 5.32 Å². The van der Waals surface area contributed by atoms with Crippen LogP contribution in [-0.4, -0.2) is 18.9 Å². The second-order valence-corrected chi connectivity index (χ2v) is 4.80. The number of anilines is 2. The van der Waals surface area contributed by atoms with E-state index in [4.69, 9.17) is 16.2 Å². The van der Waals surface area contributed by atoms with E-state index in [2.05, 4.69) is 10.6 Å². The van der Waals surface area contributed by atoms with Crippen molar-refractivity contribution < 1.29 is 4.74 Å². The number of nitrogens with one attached hydrogen (secondary N) is 2. The normalized spacial score (nSPS) is 28.3. The van der Waals surface area contributed by atoms with Crippen molar-refractivity contribution in [2.45, 2.75) is 18.7 Å². The molecule has 2 heterocycles. The number of nitrogens with two attached hydrogens (primary N) is 2. The molecule has 3 rings (SSSR count). The second kappa shape index (κ2) is 3.78. The predicted molar refractivity (Wildman–Crippen MR) is 67.6 cm³/mol. The van der Waals surface area contributed by atoms with Crippen molar-refractivity contribution in [1.29, 1.82) is 0 Å². The minimum absolute atomic E-state index is 0.317. The van der Waals surface area contributed by atoms with Gasteiger partial charge in [-0.2, -0.15) is 0 Å². The number of nitrogen functional groups attached to an aromatic ring is 1. The summed E-state index contributed by atoms with van der Waals surface area (Å²) >= 11 is 0. The molecule has 17 heavy (non-hydrogen) atoms. The van der Waals surface area contributed by atoms with Crippen molar-refractivity contribution >= 4 is 11.4 Å². The van der Waals surface area contributed by atoms with E-state index >= 15 is 0 Å². The van der Waals surface area contributed by atoms with Crippen LogP contribution in [0.5, 0.6) is 5.75 Å². The largest absolute Gasteiger partial charge is 0.453 e. The summed E-state index contributed by atoms with van der Waals surface area (Å²) in [6.07, 6.45) is 2.04. The first-order valence-electron chi connectivity index (χ1n) is 6.04. The first kappa shape index (κ1) is 10.7. The third kappa shape index (κ3) is 1.81. The van der Waals surface area contributed by atoms with E-state index in [-0.39, 0.29) is 0 Å². The van der Waals surface area contributed by atoms with Crippen LogP contribution >= 0.6 is 0 Å². The lowest BCUT2D eigenvalue weighted by Crippen LogP contribution is -2.58. The molecule has 1 aromatic carbocycles. The Bertz CT molecular complexity index is 431. The molecule has 0 aromatic heterocycles. The highest BCUT2D eigenvalue weighted by Gasteiger charge is 2.42. The standard InChI is InChI=1S/C12H18N4O/c13-9-1-2-11-10(7-9)16-12(14,17-11)8-3-5-15-6-4-8/h1-2,7-8,15-16H,3-6,13-14H2. The lowest BCUT2D eigenvalue weighted by molar-refractivity contribution is 0.0407. The minimum atomic E-state index is -0.780. The molecular formula is C12H18N4O. The Morgan fingerprint density at radius 3 is 2.82 bits per heavy atom. The summed E-state index contributed by atoms with van der Waals surface area (Å²) in [7, 11) is 0. The Morgan fingerprint density at radius 2 is 2.06 bits per heavy atom. The summed E-state index contributed by atoms with van der Waals surface area (Å²) in [5.74, 6) is 0.329. The molecule has 2 aliphatic rings. The molecule has 1 aromatic rings. The van der Waals surface area contributed by atoms with Crippen LogP contribution in [0.25, 0.3) is 0 Å². The van der Waals surface area contributed by atoms with E-state index in [0.29, 0.717) is 5.92 Å². The maximum atomic E-state index is 6.33. The zero-order valence-electron chi connectivity index (χ0n) is 9.70. The smallest absolute Gasteiger partial charge is 0.239 e. The number of rotatable bonds is 1. The molecule has 92 valence electrons. The lowest BCUT2D eigenvalue weighted by atomic mass is 9.92. The molecule has 5 nitrogen and oxygen atoms in total. The molecule has 0 spiro atoms. The first-order chi connectivity index (χ1) is 8.17. The van der Waals surface area contributed by atoms with Gasteiger partial charge in [-0.15, -0.1) is 0 Å². The van der Waals surface area contributed by atoms with E-state index in [1.54, 1.807) is 0 Å². The van der Waals surface area contributed by atoms with Gasteiger partial charge < -0.3 is 21.1 Å². The molecule has 1 saturated heterocycles. The quantitative estimate of drug-likeness (QED) is 0.537. The number of hydrogen-bond donors (Lipinski definition) is 4. The molecule has 5 heteroatoms. The Balaban J connectivity index is 1.83. The Hall–Kier alpha value is -1.46. The van der Waals surface area contributed by atoms with Gasteiger partial charge in [0.15, 0.2) is 0 Å². The van der Waals surface area contributed by atoms with Crippen LogP contribution in [0.2, 0.25) is 0 Å². The molecule has 1 fully saturated rings. The molecule has 0 saturated carbocycles. The Labute approximate surface area is 101 Å². The minimum Gasteiger partial charge on any atom is -0.453 e. The summed E-state index contributed by atoms with van der Waals surface area (Å²) in [5, 5.41) is 6.60. The summed E-state index contributed by atoms with van der Waals surface area (Å²) in [5.41, 5.74) is 13.7. The fraction of sp³-hybridized carbons (Fsp3) is 0.500. The van der Waals surface area contributed by atoms with Gasteiger partial charge >= 0.3 is 0 Å². The van der Waals surface area contributed by atoms with E-state index in [1.807, 2.05) is 18.2 Å². The lowest BCUT2D eigenvalue weighted by Gasteiger charge is -2.35.